The fraction of sp³-hybridized carbons (Fsp3) is 0.389. The molecular formula is C18H22N4O. The van der Waals surface area contributed by atoms with Crippen LogP contribution < -0.4 is 0 Å². The third-order valence-corrected chi connectivity index (χ3v) is 4.58. The van der Waals surface area contributed by atoms with Crippen molar-refractivity contribution in [1.82, 2.24) is 19.8 Å². The van der Waals surface area contributed by atoms with Gasteiger partial charge in [0.15, 0.2) is 0 Å². The largest absolute Gasteiger partial charge is 0.336 e. The highest BCUT2D eigenvalue weighted by Crippen LogP contribution is 2.20. The van der Waals surface area contributed by atoms with Crippen LogP contribution in [0.25, 0.3) is 0 Å². The second kappa shape index (κ2) is 6.87. The van der Waals surface area contributed by atoms with Gasteiger partial charge in [0.25, 0.3) is 0 Å². The molecule has 0 N–H and O–H groups in total. The third-order valence-electron chi connectivity index (χ3n) is 4.58. The van der Waals surface area contributed by atoms with Crippen molar-refractivity contribution in [3.8, 4) is 0 Å². The number of aromatic nitrogens is 2. The summed E-state index contributed by atoms with van der Waals surface area (Å²) in [7, 11) is 1.84. The van der Waals surface area contributed by atoms with Gasteiger partial charge in [-0.2, -0.15) is 0 Å². The van der Waals surface area contributed by atoms with Crippen LogP contribution in [0.2, 0.25) is 0 Å². The Morgan fingerprint density at radius 2 is 2.09 bits per heavy atom. The van der Waals surface area contributed by atoms with Gasteiger partial charge in [-0.15, -0.1) is 0 Å². The molecule has 2 aromatic rings. The summed E-state index contributed by atoms with van der Waals surface area (Å²) in [6.07, 6.45) is 4.24. The zero-order valence-corrected chi connectivity index (χ0v) is 13.6. The van der Waals surface area contributed by atoms with E-state index in [9.17, 15) is 4.79 Å². The van der Waals surface area contributed by atoms with Gasteiger partial charge in [0, 0.05) is 26.3 Å². The highest BCUT2D eigenvalue weighted by Gasteiger charge is 2.23. The molecule has 0 saturated carbocycles. The summed E-state index contributed by atoms with van der Waals surface area (Å²) in [5.41, 5.74) is 3.59. The molecule has 1 aromatic heterocycles. The highest BCUT2D eigenvalue weighted by atomic mass is 16.2. The Labute approximate surface area is 137 Å². The zero-order chi connectivity index (χ0) is 16.2. The molecule has 1 atom stereocenters. The Morgan fingerprint density at radius 1 is 1.30 bits per heavy atom. The summed E-state index contributed by atoms with van der Waals surface area (Å²) in [5, 5.41) is 0. The molecule has 1 aliphatic rings. The van der Waals surface area contributed by atoms with Crippen LogP contribution in [-0.4, -0.2) is 45.8 Å². The molecule has 3 rings (SSSR count). The van der Waals surface area contributed by atoms with Crippen LogP contribution >= 0.6 is 0 Å². The van der Waals surface area contributed by atoms with Crippen LogP contribution in [0, 0.1) is 0 Å². The van der Waals surface area contributed by atoms with Crippen LogP contribution in [0.5, 0.6) is 0 Å². The Kier molecular flexibility index (Phi) is 4.67. The number of amides is 1. The van der Waals surface area contributed by atoms with Gasteiger partial charge < -0.3 is 4.90 Å². The maximum absolute atomic E-state index is 12.6. The summed E-state index contributed by atoms with van der Waals surface area (Å²) in [6.45, 7) is 4.21. The van der Waals surface area contributed by atoms with Crippen molar-refractivity contribution in [2.45, 2.75) is 25.9 Å². The standard InChI is InChI=1S/C18H22N4O/c1-14(17-7-9-19-13-20-17)21(2)18(23)12-22-10-8-15-5-3-4-6-16(15)11-22/h3-7,9,13-14H,8,10-12H2,1-2H3/t14-/m1/s1. The highest BCUT2D eigenvalue weighted by molar-refractivity contribution is 5.78. The van der Waals surface area contributed by atoms with Crippen molar-refractivity contribution in [3.63, 3.8) is 0 Å². The van der Waals surface area contributed by atoms with Crippen molar-refractivity contribution >= 4 is 5.91 Å². The summed E-state index contributed by atoms with van der Waals surface area (Å²) in [5.74, 6) is 0.121. The molecule has 5 nitrogen and oxygen atoms in total. The lowest BCUT2D eigenvalue weighted by molar-refractivity contribution is -0.133. The molecule has 1 aliphatic heterocycles. The normalized spacial score (nSPS) is 15.7. The first kappa shape index (κ1) is 15.6. The van der Waals surface area contributed by atoms with Crippen molar-refractivity contribution in [2.24, 2.45) is 0 Å². The maximum Gasteiger partial charge on any atom is 0.237 e. The van der Waals surface area contributed by atoms with Crippen molar-refractivity contribution in [1.29, 1.82) is 0 Å². The molecule has 5 heteroatoms. The number of fused-ring (bicyclic) bond motifs is 1. The molecule has 23 heavy (non-hydrogen) atoms. The second-order valence-corrected chi connectivity index (χ2v) is 6.04. The monoisotopic (exact) mass is 310 g/mol. The minimum Gasteiger partial charge on any atom is -0.336 e. The minimum atomic E-state index is -0.0532. The van der Waals surface area contributed by atoms with Gasteiger partial charge in [0.1, 0.15) is 6.33 Å². The number of hydrogen-bond donors (Lipinski definition) is 0. The summed E-state index contributed by atoms with van der Waals surface area (Å²) in [4.78, 5) is 24.7. The number of rotatable bonds is 4. The number of likely N-dealkylation sites (N-methyl/N-ethyl adjacent to an activating group) is 1. The van der Waals surface area contributed by atoms with E-state index in [1.54, 1.807) is 11.1 Å². The quantitative estimate of drug-likeness (QED) is 0.867. The molecule has 2 heterocycles. The lowest BCUT2D eigenvalue weighted by Gasteiger charge is -2.31. The molecule has 0 bridgehead atoms. The van der Waals surface area contributed by atoms with Crippen LogP contribution in [0.1, 0.15) is 29.8 Å². The summed E-state index contributed by atoms with van der Waals surface area (Å²) >= 11 is 0. The van der Waals surface area contributed by atoms with Gasteiger partial charge in [0.05, 0.1) is 18.3 Å². The first-order chi connectivity index (χ1) is 11.1. The van der Waals surface area contributed by atoms with E-state index >= 15 is 0 Å². The predicted molar refractivity (Wildman–Crippen MR) is 88.6 cm³/mol. The molecular weight excluding hydrogens is 288 g/mol. The van der Waals surface area contributed by atoms with Crippen molar-refractivity contribution in [2.75, 3.05) is 20.1 Å². The summed E-state index contributed by atoms with van der Waals surface area (Å²) in [6, 6.07) is 10.3. The molecule has 1 aromatic carbocycles. The number of nitrogens with zero attached hydrogens (tertiary/aromatic N) is 4. The Hall–Kier alpha value is -2.27. The second-order valence-electron chi connectivity index (χ2n) is 6.04. The number of hydrogen-bond acceptors (Lipinski definition) is 4. The van der Waals surface area contributed by atoms with Crippen molar-refractivity contribution < 1.29 is 4.79 Å². The summed E-state index contributed by atoms with van der Waals surface area (Å²) < 4.78 is 0. The molecule has 120 valence electrons. The number of benzene rings is 1. The molecule has 1 amide bonds. The predicted octanol–water partition coefficient (Wildman–Crippen LogP) is 2.05. The fourth-order valence-corrected chi connectivity index (χ4v) is 2.95. The maximum atomic E-state index is 12.6. The SMILES string of the molecule is C[C@H](c1ccncn1)N(C)C(=O)CN1CCc2ccccc2C1. The Morgan fingerprint density at radius 3 is 2.83 bits per heavy atom. The average Bonchev–Trinajstić information content (AvgIpc) is 2.61. The first-order valence-electron chi connectivity index (χ1n) is 7.96. The topological polar surface area (TPSA) is 49.3 Å². The van der Waals surface area contributed by atoms with Gasteiger partial charge in [-0.25, -0.2) is 9.97 Å². The molecule has 0 radical (unpaired) electrons. The van der Waals surface area contributed by atoms with E-state index < -0.39 is 0 Å². The molecule has 0 unspecified atom stereocenters. The van der Waals surface area contributed by atoms with Crippen LogP contribution in [0.3, 0.4) is 0 Å². The zero-order valence-electron chi connectivity index (χ0n) is 13.6. The van der Waals surface area contributed by atoms with E-state index in [1.807, 2.05) is 20.0 Å². The fourth-order valence-electron chi connectivity index (χ4n) is 2.95. The Bertz CT molecular complexity index is 674. The average molecular weight is 310 g/mol. The van der Waals surface area contributed by atoms with E-state index in [-0.39, 0.29) is 11.9 Å². The van der Waals surface area contributed by atoms with Crippen LogP contribution in [0.15, 0.2) is 42.9 Å². The van der Waals surface area contributed by atoms with E-state index in [1.165, 1.54) is 17.5 Å². The van der Waals surface area contributed by atoms with Gasteiger partial charge in [-0.05, 0) is 30.5 Å². The van der Waals surface area contributed by atoms with Gasteiger partial charge in [0.2, 0.25) is 5.91 Å². The smallest absolute Gasteiger partial charge is 0.237 e. The lowest BCUT2D eigenvalue weighted by atomic mass is 10.00. The van der Waals surface area contributed by atoms with Crippen LogP contribution in [0.4, 0.5) is 0 Å². The van der Waals surface area contributed by atoms with Gasteiger partial charge in [-0.1, -0.05) is 24.3 Å². The molecule has 0 fully saturated rings. The van der Waals surface area contributed by atoms with Crippen LogP contribution in [-0.2, 0) is 17.8 Å². The molecule has 0 spiro atoms. The molecule has 0 saturated heterocycles. The van der Waals surface area contributed by atoms with E-state index in [0.29, 0.717) is 6.54 Å². The van der Waals surface area contributed by atoms with E-state index in [4.69, 9.17) is 0 Å². The van der Waals surface area contributed by atoms with Gasteiger partial charge >= 0.3 is 0 Å². The van der Waals surface area contributed by atoms with Gasteiger partial charge in [-0.3, -0.25) is 9.69 Å². The Balaban J connectivity index is 1.61. The number of carbonyl (C=O) groups excluding carboxylic acids is 1. The first-order valence-corrected chi connectivity index (χ1v) is 7.96. The number of carbonyl (C=O) groups is 1. The minimum absolute atomic E-state index is 0.0532. The van der Waals surface area contributed by atoms with E-state index in [0.717, 1.165) is 25.2 Å². The van der Waals surface area contributed by atoms with Crippen molar-refractivity contribution in [3.05, 3.63) is 59.7 Å². The lowest BCUT2D eigenvalue weighted by Crippen LogP contribution is -2.41. The molecule has 0 aliphatic carbocycles. The van der Waals surface area contributed by atoms with E-state index in [2.05, 4.69) is 39.1 Å². The third kappa shape index (κ3) is 3.56.